The molecule has 2 atom stereocenters. The van der Waals surface area contributed by atoms with Gasteiger partial charge in [0.15, 0.2) is 11.6 Å². The molecule has 23 heavy (non-hydrogen) atoms. The zero-order chi connectivity index (χ0) is 16.6. The monoisotopic (exact) mass is 322 g/mol. The molecule has 3 nitrogen and oxygen atoms in total. The van der Waals surface area contributed by atoms with Crippen molar-refractivity contribution in [2.24, 2.45) is 5.92 Å². The predicted octanol–water partition coefficient (Wildman–Crippen LogP) is 3.24. The molecule has 2 N–H and O–H groups in total. The van der Waals surface area contributed by atoms with E-state index in [1.807, 2.05) is 13.8 Å². The summed E-state index contributed by atoms with van der Waals surface area (Å²) in [4.78, 5) is 12.4. The topological polar surface area (TPSA) is 41.1 Å². The summed E-state index contributed by atoms with van der Waals surface area (Å²) >= 11 is 0. The molecule has 3 rings (SSSR count). The molecule has 2 heterocycles. The fourth-order valence-electron chi connectivity index (χ4n) is 3.96. The van der Waals surface area contributed by atoms with E-state index in [9.17, 15) is 13.6 Å². The highest BCUT2D eigenvalue weighted by atomic mass is 19.2. The molecule has 2 unspecified atom stereocenters. The van der Waals surface area contributed by atoms with Crippen LogP contribution in [0.25, 0.3) is 0 Å². The van der Waals surface area contributed by atoms with E-state index in [0.29, 0.717) is 30.0 Å². The van der Waals surface area contributed by atoms with Crippen molar-refractivity contribution in [2.75, 3.05) is 0 Å². The second-order valence-electron chi connectivity index (χ2n) is 7.48. The minimum atomic E-state index is -0.889. The average molecular weight is 322 g/mol. The Hall–Kier alpha value is -1.49. The molecule has 5 heteroatoms. The second kappa shape index (κ2) is 6.19. The van der Waals surface area contributed by atoms with Crippen LogP contribution in [0.2, 0.25) is 0 Å². The summed E-state index contributed by atoms with van der Waals surface area (Å²) in [6, 6.07) is 4.89. The first-order chi connectivity index (χ1) is 10.8. The molecule has 2 aliphatic rings. The highest BCUT2D eigenvalue weighted by molar-refractivity contribution is 5.77. The number of fused-ring (bicyclic) bond motifs is 2. The number of halogens is 2. The minimum Gasteiger partial charge on any atom is -0.347 e. The van der Waals surface area contributed by atoms with Crippen molar-refractivity contribution in [3.63, 3.8) is 0 Å². The molecule has 2 bridgehead atoms. The first-order valence-electron chi connectivity index (χ1n) is 8.36. The molecule has 1 aromatic carbocycles. The molecule has 126 valence electrons. The van der Waals surface area contributed by atoms with Crippen molar-refractivity contribution < 1.29 is 13.6 Å². The fraction of sp³-hybridized carbons (Fsp3) is 0.611. The zero-order valence-electron chi connectivity index (χ0n) is 13.7. The molecule has 2 fully saturated rings. The Morgan fingerprint density at radius 1 is 1.22 bits per heavy atom. The van der Waals surface area contributed by atoms with E-state index < -0.39 is 17.2 Å². The number of hydrogen-bond donors (Lipinski definition) is 2. The molecule has 2 aliphatic heterocycles. The van der Waals surface area contributed by atoms with Crippen LogP contribution in [-0.2, 0) is 10.3 Å². The van der Waals surface area contributed by atoms with Gasteiger partial charge < -0.3 is 10.6 Å². The van der Waals surface area contributed by atoms with Gasteiger partial charge in [0.1, 0.15) is 0 Å². The first-order valence-corrected chi connectivity index (χ1v) is 8.36. The quantitative estimate of drug-likeness (QED) is 0.893. The summed E-state index contributed by atoms with van der Waals surface area (Å²) in [7, 11) is 0. The highest BCUT2D eigenvalue weighted by Gasteiger charge is 2.35. The number of hydrogen-bond acceptors (Lipinski definition) is 2. The van der Waals surface area contributed by atoms with Gasteiger partial charge in [-0.25, -0.2) is 8.78 Å². The van der Waals surface area contributed by atoms with Crippen molar-refractivity contribution in [1.29, 1.82) is 0 Å². The highest BCUT2D eigenvalue weighted by Crippen LogP contribution is 2.33. The lowest BCUT2D eigenvalue weighted by Crippen LogP contribution is -2.44. The number of carbonyl (C=O) groups is 1. The van der Waals surface area contributed by atoms with E-state index in [4.69, 9.17) is 0 Å². The second-order valence-corrected chi connectivity index (χ2v) is 7.48. The largest absolute Gasteiger partial charge is 0.347 e. The maximum absolute atomic E-state index is 13.4. The Morgan fingerprint density at radius 3 is 2.48 bits per heavy atom. The van der Waals surface area contributed by atoms with Crippen molar-refractivity contribution in [1.82, 2.24) is 10.6 Å². The van der Waals surface area contributed by atoms with Gasteiger partial charge in [-0.2, -0.15) is 0 Å². The Balaban J connectivity index is 1.60. The van der Waals surface area contributed by atoms with E-state index >= 15 is 0 Å². The number of amides is 1. The molecule has 1 amide bonds. The summed E-state index contributed by atoms with van der Waals surface area (Å²) < 4.78 is 26.5. The average Bonchev–Trinajstić information content (AvgIpc) is 2.80. The van der Waals surface area contributed by atoms with E-state index in [1.165, 1.54) is 18.9 Å². The van der Waals surface area contributed by atoms with Gasteiger partial charge in [-0.15, -0.1) is 0 Å². The van der Waals surface area contributed by atoms with E-state index in [0.717, 1.165) is 25.0 Å². The predicted molar refractivity (Wildman–Crippen MR) is 84.8 cm³/mol. The lowest BCUT2D eigenvalue weighted by atomic mass is 9.88. The van der Waals surface area contributed by atoms with E-state index in [1.54, 1.807) is 0 Å². The van der Waals surface area contributed by atoms with Crippen molar-refractivity contribution in [3.8, 4) is 0 Å². The summed E-state index contributed by atoms with van der Waals surface area (Å²) in [5, 5.41) is 6.54. The molecular formula is C18H24F2N2O. The summed E-state index contributed by atoms with van der Waals surface area (Å²) in [6.07, 6.45) is 5.03. The summed E-state index contributed by atoms with van der Waals surface area (Å²) in [5.41, 5.74) is -0.160. The molecule has 2 saturated heterocycles. The van der Waals surface area contributed by atoms with Gasteiger partial charge in [0, 0.05) is 18.5 Å². The first kappa shape index (κ1) is 16.4. The molecule has 1 aromatic rings. The molecule has 0 aromatic heterocycles. The lowest BCUT2D eigenvalue weighted by Gasteiger charge is -2.31. The number of nitrogens with one attached hydrogen (secondary N) is 2. The van der Waals surface area contributed by atoms with Crippen LogP contribution in [0.5, 0.6) is 0 Å². The summed E-state index contributed by atoms with van der Waals surface area (Å²) in [6.45, 7) is 3.62. The third-order valence-electron chi connectivity index (χ3n) is 5.14. The van der Waals surface area contributed by atoms with E-state index in [-0.39, 0.29) is 5.91 Å². The Morgan fingerprint density at radius 2 is 1.87 bits per heavy atom. The van der Waals surface area contributed by atoms with Gasteiger partial charge in [-0.3, -0.25) is 4.79 Å². The number of rotatable bonds is 4. The summed E-state index contributed by atoms with van der Waals surface area (Å²) in [5.74, 6) is -1.37. The molecular weight excluding hydrogens is 298 g/mol. The third-order valence-corrected chi connectivity index (χ3v) is 5.14. The van der Waals surface area contributed by atoms with Gasteiger partial charge in [0.25, 0.3) is 0 Å². The van der Waals surface area contributed by atoms with Crippen LogP contribution in [0.15, 0.2) is 18.2 Å². The molecule has 0 spiro atoms. The number of carbonyl (C=O) groups excluding carboxylic acids is 1. The van der Waals surface area contributed by atoms with Crippen molar-refractivity contribution in [3.05, 3.63) is 35.4 Å². The molecule has 0 aliphatic carbocycles. The van der Waals surface area contributed by atoms with Gasteiger partial charge in [0.2, 0.25) is 5.91 Å². The van der Waals surface area contributed by atoms with Crippen LogP contribution in [0, 0.1) is 17.6 Å². The smallest absolute Gasteiger partial charge is 0.220 e. The standard InChI is InChI=1S/C18H24F2N2O/c1-18(2,12-3-6-15(19)16(20)10-12)22-17(23)9-11-7-13-4-5-14(8-11)21-13/h3,6,10-11,13-14,21H,4-5,7-9H2,1-2H3,(H,22,23). The van der Waals surface area contributed by atoms with Crippen LogP contribution >= 0.6 is 0 Å². The lowest BCUT2D eigenvalue weighted by molar-refractivity contribution is -0.124. The molecule has 0 radical (unpaired) electrons. The zero-order valence-corrected chi connectivity index (χ0v) is 13.7. The Labute approximate surface area is 135 Å². The SMILES string of the molecule is CC(C)(NC(=O)CC1CC2CCC(C1)N2)c1ccc(F)c(F)c1. The van der Waals surface area contributed by atoms with E-state index in [2.05, 4.69) is 10.6 Å². The van der Waals surface area contributed by atoms with Crippen LogP contribution in [0.4, 0.5) is 8.78 Å². The van der Waals surface area contributed by atoms with Crippen molar-refractivity contribution in [2.45, 2.75) is 63.6 Å². The van der Waals surface area contributed by atoms with Gasteiger partial charge in [-0.05, 0) is 63.1 Å². The third kappa shape index (κ3) is 3.71. The maximum Gasteiger partial charge on any atom is 0.220 e. The molecule has 0 saturated carbocycles. The van der Waals surface area contributed by atoms with Crippen LogP contribution in [0.1, 0.15) is 51.5 Å². The van der Waals surface area contributed by atoms with Crippen LogP contribution < -0.4 is 10.6 Å². The van der Waals surface area contributed by atoms with Crippen LogP contribution in [0.3, 0.4) is 0 Å². The van der Waals surface area contributed by atoms with Crippen LogP contribution in [-0.4, -0.2) is 18.0 Å². The fourth-order valence-corrected chi connectivity index (χ4v) is 3.96. The Bertz CT molecular complexity index is 591. The number of piperidine rings is 1. The van der Waals surface area contributed by atoms with Gasteiger partial charge in [-0.1, -0.05) is 6.07 Å². The maximum atomic E-state index is 13.4. The Kier molecular flexibility index (Phi) is 4.41. The van der Waals surface area contributed by atoms with Crippen molar-refractivity contribution >= 4 is 5.91 Å². The minimum absolute atomic E-state index is 0.0222. The number of benzene rings is 1. The normalized spacial score (nSPS) is 27.0. The van der Waals surface area contributed by atoms with Gasteiger partial charge in [0.05, 0.1) is 5.54 Å². The van der Waals surface area contributed by atoms with Gasteiger partial charge >= 0.3 is 0 Å².